The highest BCUT2D eigenvalue weighted by Gasteiger charge is 2.01. The molecule has 0 aliphatic heterocycles. The summed E-state index contributed by atoms with van der Waals surface area (Å²) in [5.41, 5.74) is 2.07. The highest BCUT2D eigenvalue weighted by molar-refractivity contribution is 6.33. The Morgan fingerprint density at radius 3 is 2.42 bits per heavy atom. The molecule has 0 heterocycles. The molecule has 0 atom stereocenters. The zero-order chi connectivity index (χ0) is 9.14. The molecule has 0 amide bonds. The van der Waals surface area contributed by atoms with Gasteiger partial charge in [0.25, 0.3) is 0 Å². The molecule has 0 aliphatic rings. The molecular weight excluding hydrogens is 172 g/mol. The number of nitrogens with one attached hydrogen (secondary N) is 1. The van der Waals surface area contributed by atoms with Crippen molar-refractivity contribution in [3.8, 4) is 0 Å². The largest absolute Gasteiger partial charge is 0.388 e. The molecule has 0 saturated carbocycles. The molecular formula is C9H13ClN2. The van der Waals surface area contributed by atoms with Gasteiger partial charge in [0.1, 0.15) is 0 Å². The average molecular weight is 185 g/mol. The van der Waals surface area contributed by atoms with Gasteiger partial charge >= 0.3 is 0 Å². The number of hydrogen-bond acceptors (Lipinski definition) is 2. The number of hydrogen-bond donors (Lipinski definition) is 1. The Kier molecular flexibility index (Phi) is 2.82. The van der Waals surface area contributed by atoms with Gasteiger partial charge in [0.15, 0.2) is 0 Å². The number of anilines is 2. The molecule has 1 aromatic carbocycles. The lowest BCUT2D eigenvalue weighted by Gasteiger charge is -2.14. The molecule has 0 aromatic heterocycles. The van der Waals surface area contributed by atoms with E-state index in [2.05, 4.69) is 5.32 Å². The van der Waals surface area contributed by atoms with Gasteiger partial charge in [-0.1, -0.05) is 11.6 Å². The van der Waals surface area contributed by atoms with E-state index >= 15 is 0 Å². The predicted octanol–water partition coefficient (Wildman–Crippen LogP) is 2.45. The van der Waals surface area contributed by atoms with Crippen LogP contribution in [-0.2, 0) is 0 Å². The quantitative estimate of drug-likeness (QED) is 0.760. The van der Waals surface area contributed by atoms with Crippen molar-refractivity contribution < 1.29 is 0 Å². The summed E-state index contributed by atoms with van der Waals surface area (Å²) in [5, 5.41) is 3.80. The van der Waals surface area contributed by atoms with Crippen molar-refractivity contribution in [1.29, 1.82) is 0 Å². The van der Waals surface area contributed by atoms with Gasteiger partial charge in [-0.15, -0.1) is 0 Å². The third-order valence-electron chi connectivity index (χ3n) is 1.72. The zero-order valence-corrected chi connectivity index (χ0v) is 8.31. The second kappa shape index (κ2) is 3.68. The van der Waals surface area contributed by atoms with Gasteiger partial charge in [-0.3, -0.25) is 0 Å². The van der Waals surface area contributed by atoms with Crippen molar-refractivity contribution in [2.75, 3.05) is 31.4 Å². The number of benzene rings is 1. The Morgan fingerprint density at radius 2 is 2.00 bits per heavy atom. The van der Waals surface area contributed by atoms with Crippen LogP contribution in [0.4, 0.5) is 11.4 Å². The lowest BCUT2D eigenvalue weighted by Crippen LogP contribution is -2.09. The maximum absolute atomic E-state index is 6.02. The lowest BCUT2D eigenvalue weighted by molar-refractivity contribution is 1.13. The number of rotatable bonds is 2. The summed E-state index contributed by atoms with van der Waals surface area (Å²) in [7, 11) is 5.82. The maximum atomic E-state index is 6.02. The molecule has 0 fully saturated rings. The minimum Gasteiger partial charge on any atom is -0.388 e. The fourth-order valence-corrected chi connectivity index (χ4v) is 1.37. The van der Waals surface area contributed by atoms with Crippen molar-refractivity contribution in [3.63, 3.8) is 0 Å². The van der Waals surface area contributed by atoms with Crippen LogP contribution in [0.25, 0.3) is 0 Å². The second-order valence-corrected chi connectivity index (χ2v) is 3.22. The fourth-order valence-electron chi connectivity index (χ4n) is 1.03. The third kappa shape index (κ3) is 1.83. The van der Waals surface area contributed by atoms with Crippen LogP contribution in [0.15, 0.2) is 18.2 Å². The topological polar surface area (TPSA) is 15.3 Å². The molecule has 12 heavy (non-hydrogen) atoms. The van der Waals surface area contributed by atoms with E-state index in [-0.39, 0.29) is 0 Å². The highest BCUT2D eigenvalue weighted by atomic mass is 35.5. The van der Waals surface area contributed by atoms with Gasteiger partial charge in [0.05, 0.1) is 10.7 Å². The summed E-state index contributed by atoms with van der Waals surface area (Å²) < 4.78 is 0. The van der Waals surface area contributed by atoms with E-state index in [1.165, 1.54) is 0 Å². The normalized spacial score (nSPS) is 9.67. The van der Waals surface area contributed by atoms with Crippen molar-refractivity contribution >= 4 is 23.0 Å². The first-order valence-corrected chi connectivity index (χ1v) is 4.17. The predicted molar refractivity (Wildman–Crippen MR) is 55.3 cm³/mol. The fraction of sp³-hybridized carbons (Fsp3) is 0.333. The number of nitrogens with zero attached hydrogens (tertiary/aromatic N) is 1. The molecule has 0 spiro atoms. The first kappa shape index (κ1) is 9.20. The summed E-state index contributed by atoms with van der Waals surface area (Å²) in [6.45, 7) is 0. The van der Waals surface area contributed by atoms with Crippen LogP contribution in [0.2, 0.25) is 5.02 Å². The van der Waals surface area contributed by atoms with E-state index in [0.717, 1.165) is 16.4 Å². The second-order valence-electron chi connectivity index (χ2n) is 2.81. The molecule has 0 bridgehead atoms. The molecule has 66 valence electrons. The molecule has 0 saturated heterocycles. The Labute approximate surface area is 78.1 Å². The summed E-state index contributed by atoms with van der Waals surface area (Å²) in [5.74, 6) is 0. The summed E-state index contributed by atoms with van der Waals surface area (Å²) in [6.07, 6.45) is 0. The Balaban J connectivity index is 3.03. The SMILES string of the molecule is CNc1ccc(N(C)C)c(Cl)c1. The average Bonchev–Trinajstić information content (AvgIpc) is 2.03. The monoisotopic (exact) mass is 184 g/mol. The van der Waals surface area contributed by atoms with Crippen LogP contribution < -0.4 is 10.2 Å². The minimum absolute atomic E-state index is 0.770. The molecule has 1 N–H and O–H groups in total. The van der Waals surface area contributed by atoms with Crippen LogP contribution in [0, 0.1) is 0 Å². The first-order chi connectivity index (χ1) is 5.65. The molecule has 2 nitrogen and oxygen atoms in total. The first-order valence-electron chi connectivity index (χ1n) is 3.80. The van der Waals surface area contributed by atoms with E-state index in [9.17, 15) is 0 Å². The van der Waals surface area contributed by atoms with Crippen molar-refractivity contribution in [2.24, 2.45) is 0 Å². The summed E-state index contributed by atoms with van der Waals surface area (Å²) >= 11 is 6.02. The van der Waals surface area contributed by atoms with Gasteiger partial charge < -0.3 is 10.2 Å². The Bertz CT molecular complexity index is 271. The van der Waals surface area contributed by atoms with Gasteiger partial charge in [-0.2, -0.15) is 0 Å². The van der Waals surface area contributed by atoms with Crippen LogP contribution in [-0.4, -0.2) is 21.1 Å². The summed E-state index contributed by atoms with van der Waals surface area (Å²) in [4.78, 5) is 1.99. The van der Waals surface area contributed by atoms with Crippen LogP contribution in [0.1, 0.15) is 0 Å². The van der Waals surface area contributed by atoms with Crippen LogP contribution in [0.3, 0.4) is 0 Å². The standard InChI is InChI=1S/C9H13ClN2/c1-11-7-4-5-9(12(2)3)8(10)6-7/h4-6,11H,1-3H3. The van der Waals surface area contributed by atoms with E-state index in [4.69, 9.17) is 11.6 Å². The molecule has 1 rings (SSSR count). The Morgan fingerprint density at radius 1 is 1.33 bits per heavy atom. The molecule has 3 heteroatoms. The maximum Gasteiger partial charge on any atom is 0.0659 e. The van der Waals surface area contributed by atoms with E-state index < -0.39 is 0 Å². The van der Waals surface area contributed by atoms with Gasteiger partial charge in [0, 0.05) is 26.8 Å². The van der Waals surface area contributed by atoms with Crippen molar-refractivity contribution in [1.82, 2.24) is 0 Å². The van der Waals surface area contributed by atoms with Gasteiger partial charge in [-0.25, -0.2) is 0 Å². The molecule has 0 radical (unpaired) electrons. The van der Waals surface area contributed by atoms with Crippen molar-refractivity contribution in [3.05, 3.63) is 23.2 Å². The summed E-state index contributed by atoms with van der Waals surface area (Å²) in [6, 6.07) is 5.91. The van der Waals surface area contributed by atoms with E-state index in [1.54, 1.807) is 0 Å². The van der Waals surface area contributed by atoms with Crippen LogP contribution >= 0.6 is 11.6 Å². The molecule has 0 aliphatic carbocycles. The minimum atomic E-state index is 0.770. The van der Waals surface area contributed by atoms with E-state index in [1.807, 2.05) is 44.2 Å². The smallest absolute Gasteiger partial charge is 0.0659 e. The molecule has 1 aromatic rings. The van der Waals surface area contributed by atoms with Gasteiger partial charge in [-0.05, 0) is 18.2 Å². The van der Waals surface area contributed by atoms with Crippen molar-refractivity contribution in [2.45, 2.75) is 0 Å². The number of halogens is 1. The lowest BCUT2D eigenvalue weighted by atomic mass is 10.2. The van der Waals surface area contributed by atoms with E-state index in [0.29, 0.717) is 0 Å². The zero-order valence-electron chi connectivity index (χ0n) is 7.56. The Hall–Kier alpha value is -0.890. The van der Waals surface area contributed by atoms with Crippen LogP contribution in [0.5, 0.6) is 0 Å². The highest BCUT2D eigenvalue weighted by Crippen LogP contribution is 2.26. The van der Waals surface area contributed by atoms with Gasteiger partial charge in [0.2, 0.25) is 0 Å². The molecule has 0 unspecified atom stereocenters. The third-order valence-corrected chi connectivity index (χ3v) is 2.02.